The first-order valence-corrected chi connectivity index (χ1v) is 11.2. The smallest absolute Gasteiger partial charge is 0.203 e. The molecule has 0 fully saturated rings. The van der Waals surface area contributed by atoms with Gasteiger partial charge in [0.25, 0.3) is 0 Å². The fourth-order valence-corrected chi connectivity index (χ4v) is 4.83. The fourth-order valence-electron chi connectivity index (χ4n) is 4.83. The highest BCUT2D eigenvalue weighted by molar-refractivity contribution is 6.01. The number of aromatic nitrogens is 1. The number of allylic oxidation sites excluding steroid dienone is 1. The first kappa shape index (κ1) is 21.8. The van der Waals surface area contributed by atoms with E-state index in [0.29, 0.717) is 30.1 Å². The Hall–Kier alpha value is -4.00. The Balaban J connectivity index is 1.59. The molecule has 3 aromatic rings. The van der Waals surface area contributed by atoms with Crippen LogP contribution in [-0.2, 0) is 4.79 Å². The molecule has 1 aromatic heterocycles. The molecule has 0 saturated carbocycles. The summed E-state index contributed by atoms with van der Waals surface area (Å²) in [4.78, 5) is 18.2. The molecule has 0 amide bonds. The van der Waals surface area contributed by atoms with Gasteiger partial charge in [0, 0.05) is 23.9 Å². The van der Waals surface area contributed by atoms with E-state index in [4.69, 9.17) is 14.2 Å². The zero-order valence-corrected chi connectivity index (χ0v) is 19.4. The highest BCUT2D eigenvalue weighted by Gasteiger charge is 2.37. The van der Waals surface area contributed by atoms with Gasteiger partial charge in [-0.1, -0.05) is 18.2 Å². The molecule has 1 aliphatic carbocycles. The van der Waals surface area contributed by atoms with Crippen LogP contribution in [0.15, 0.2) is 72.1 Å². The minimum atomic E-state index is -0.333. The highest BCUT2D eigenvalue weighted by atomic mass is 16.5. The summed E-state index contributed by atoms with van der Waals surface area (Å²) in [6.45, 7) is 0. The predicted octanol–water partition coefficient (Wildman–Crippen LogP) is 5.09. The quantitative estimate of drug-likeness (QED) is 0.552. The van der Waals surface area contributed by atoms with Gasteiger partial charge in [0.2, 0.25) is 5.75 Å². The Labute approximate surface area is 198 Å². The number of nitrogens with zero attached hydrogens (tertiary/aromatic N) is 1. The van der Waals surface area contributed by atoms with E-state index in [-0.39, 0.29) is 17.7 Å². The van der Waals surface area contributed by atoms with Crippen molar-refractivity contribution in [1.82, 2.24) is 4.98 Å². The maximum atomic E-state index is 13.7. The summed E-state index contributed by atoms with van der Waals surface area (Å²) in [7, 11) is 4.78. The molecule has 7 nitrogen and oxygen atoms in total. The van der Waals surface area contributed by atoms with Crippen LogP contribution in [-0.4, -0.2) is 32.1 Å². The third kappa shape index (κ3) is 3.83. The standard InChI is InChI=1S/C27H27N3O4/c1-32-23-14-17(15-24(33-2)27(23)34-3)16-12-21-25(22(31)13-16)26(20-10-6-7-11-28-20)30-19-9-5-4-8-18(19)29-21/h4-11,14-16,26,29-30H,12-13H2,1-3H3. The number of benzene rings is 2. The number of carbonyl (C=O) groups excluding carboxylic acids is 1. The van der Waals surface area contributed by atoms with Gasteiger partial charge in [0.1, 0.15) is 0 Å². The molecule has 0 bridgehead atoms. The van der Waals surface area contributed by atoms with E-state index in [1.165, 1.54) is 0 Å². The number of nitrogens with one attached hydrogen (secondary N) is 2. The number of hydrogen-bond acceptors (Lipinski definition) is 7. The maximum Gasteiger partial charge on any atom is 0.203 e. The van der Waals surface area contributed by atoms with Crippen molar-refractivity contribution >= 4 is 17.2 Å². The third-order valence-corrected chi connectivity index (χ3v) is 6.45. The lowest BCUT2D eigenvalue weighted by molar-refractivity contribution is -0.116. The van der Waals surface area contributed by atoms with Crippen molar-refractivity contribution < 1.29 is 19.0 Å². The van der Waals surface area contributed by atoms with Gasteiger partial charge in [-0.3, -0.25) is 9.78 Å². The number of hydrogen-bond donors (Lipinski definition) is 2. The third-order valence-electron chi connectivity index (χ3n) is 6.45. The van der Waals surface area contributed by atoms with Crippen molar-refractivity contribution in [3.63, 3.8) is 0 Å². The van der Waals surface area contributed by atoms with Crippen molar-refractivity contribution in [1.29, 1.82) is 0 Å². The Morgan fingerprint density at radius 2 is 1.59 bits per heavy atom. The number of para-hydroxylation sites is 2. The van der Waals surface area contributed by atoms with Crippen LogP contribution in [0.2, 0.25) is 0 Å². The van der Waals surface area contributed by atoms with Gasteiger partial charge < -0.3 is 24.8 Å². The summed E-state index contributed by atoms with van der Waals surface area (Å²) >= 11 is 0. The molecule has 2 unspecified atom stereocenters. The fraction of sp³-hybridized carbons (Fsp3) is 0.259. The number of anilines is 2. The van der Waals surface area contributed by atoms with Crippen molar-refractivity contribution in [3.8, 4) is 17.2 Å². The van der Waals surface area contributed by atoms with E-state index in [1.54, 1.807) is 27.5 Å². The molecule has 174 valence electrons. The van der Waals surface area contributed by atoms with Crippen LogP contribution in [0.4, 0.5) is 11.4 Å². The van der Waals surface area contributed by atoms with Crippen molar-refractivity contribution in [2.45, 2.75) is 24.8 Å². The number of rotatable bonds is 5. The number of methoxy groups -OCH3 is 3. The number of carbonyl (C=O) groups is 1. The highest BCUT2D eigenvalue weighted by Crippen LogP contribution is 2.46. The topological polar surface area (TPSA) is 81.7 Å². The van der Waals surface area contributed by atoms with Crippen molar-refractivity contribution in [3.05, 3.63) is 83.3 Å². The van der Waals surface area contributed by atoms with Crippen LogP contribution < -0.4 is 24.8 Å². The summed E-state index contributed by atoms with van der Waals surface area (Å²) in [5, 5.41) is 7.10. The van der Waals surface area contributed by atoms with E-state index in [9.17, 15) is 4.79 Å². The van der Waals surface area contributed by atoms with Crippen LogP contribution >= 0.6 is 0 Å². The Morgan fingerprint density at radius 1 is 0.882 bits per heavy atom. The minimum Gasteiger partial charge on any atom is -0.493 e. The number of ketones is 1. The van der Waals surface area contributed by atoms with Crippen molar-refractivity contribution in [2.24, 2.45) is 0 Å². The molecule has 1 aliphatic heterocycles. The number of ether oxygens (including phenoxy) is 3. The number of Topliss-reactive ketones (excluding diaryl/α,β-unsaturated/α-hetero) is 1. The zero-order valence-electron chi connectivity index (χ0n) is 19.4. The molecule has 2 N–H and O–H groups in total. The van der Waals surface area contributed by atoms with Crippen LogP contribution in [0.1, 0.15) is 36.1 Å². The van der Waals surface area contributed by atoms with Gasteiger partial charge in [-0.25, -0.2) is 0 Å². The van der Waals surface area contributed by atoms with Gasteiger partial charge in [0.15, 0.2) is 17.3 Å². The second kappa shape index (κ2) is 9.09. The van der Waals surface area contributed by atoms with E-state index < -0.39 is 0 Å². The first-order chi connectivity index (χ1) is 16.6. The van der Waals surface area contributed by atoms with Gasteiger partial charge in [-0.15, -0.1) is 0 Å². The Bertz CT molecular complexity index is 1230. The molecular weight excluding hydrogens is 430 g/mol. The van der Waals surface area contributed by atoms with Crippen LogP contribution in [0.5, 0.6) is 17.2 Å². The molecular formula is C27H27N3O4. The van der Waals surface area contributed by atoms with Crippen LogP contribution in [0, 0.1) is 0 Å². The average molecular weight is 458 g/mol. The van der Waals surface area contributed by atoms with E-state index in [0.717, 1.165) is 33.9 Å². The van der Waals surface area contributed by atoms with Gasteiger partial charge in [0.05, 0.1) is 44.4 Å². The summed E-state index contributed by atoms with van der Waals surface area (Å²) in [6.07, 6.45) is 2.80. The Morgan fingerprint density at radius 3 is 2.24 bits per heavy atom. The van der Waals surface area contributed by atoms with Crippen LogP contribution in [0.25, 0.3) is 0 Å². The van der Waals surface area contributed by atoms with Crippen LogP contribution in [0.3, 0.4) is 0 Å². The lowest BCUT2D eigenvalue weighted by Gasteiger charge is -2.30. The summed E-state index contributed by atoms with van der Waals surface area (Å²) in [6, 6.07) is 17.3. The average Bonchev–Trinajstić information content (AvgIpc) is 3.05. The normalized spacial score (nSPS) is 19.2. The molecule has 0 saturated heterocycles. The van der Waals surface area contributed by atoms with E-state index >= 15 is 0 Å². The first-order valence-electron chi connectivity index (χ1n) is 11.2. The van der Waals surface area contributed by atoms with Gasteiger partial charge in [-0.05, 0) is 54.3 Å². The largest absolute Gasteiger partial charge is 0.493 e. The lowest BCUT2D eigenvalue weighted by Crippen LogP contribution is -2.27. The minimum absolute atomic E-state index is 0.0397. The summed E-state index contributed by atoms with van der Waals surface area (Å²) in [5.41, 5.74) is 5.29. The molecule has 5 rings (SSSR count). The number of pyridine rings is 1. The van der Waals surface area contributed by atoms with Gasteiger partial charge in [-0.2, -0.15) is 0 Å². The molecule has 0 radical (unpaired) electrons. The maximum absolute atomic E-state index is 13.7. The van der Waals surface area contributed by atoms with E-state index in [2.05, 4.69) is 15.6 Å². The van der Waals surface area contributed by atoms with Gasteiger partial charge >= 0.3 is 0 Å². The molecule has 0 spiro atoms. The second-order valence-corrected chi connectivity index (χ2v) is 8.38. The van der Waals surface area contributed by atoms with E-state index in [1.807, 2.05) is 54.6 Å². The predicted molar refractivity (Wildman–Crippen MR) is 131 cm³/mol. The summed E-state index contributed by atoms with van der Waals surface area (Å²) < 4.78 is 16.6. The zero-order chi connectivity index (χ0) is 23.7. The SMILES string of the molecule is COc1cc(C2CC(=O)C3=C(C2)Nc2ccccc2NC3c2ccccn2)cc(OC)c1OC. The molecule has 2 heterocycles. The van der Waals surface area contributed by atoms with Crippen molar-refractivity contribution in [2.75, 3.05) is 32.0 Å². The molecule has 34 heavy (non-hydrogen) atoms. The lowest BCUT2D eigenvalue weighted by atomic mass is 9.79. The molecule has 7 heteroatoms. The molecule has 2 aliphatic rings. The molecule has 2 aromatic carbocycles. The second-order valence-electron chi connectivity index (χ2n) is 8.38. The summed E-state index contributed by atoms with van der Waals surface area (Å²) in [5.74, 6) is 1.75. The number of fused-ring (bicyclic) bond motifs is 1. The monoisotopic (exact) mass is 457 g/mol. The molecule has 2 atom stereocenters. The Kier molecular flexibility index (Phi) is 5.84.